The average Bonchev–Trinajstić information content (AvgIpc) is 2.64. The van der Waals surface area contributed by atoms with Crippen LogP contribution < -0.4 is 4.90 Å². The molecular formula is C12H12ClNO3. The van der Waals surface area contributed by atoms with Crippen molar-refractivity contribution in [2.24, 2.45) is 0 Å². The lowest BCUT2D eigenvalue weighted by Gasteiger charge is -2.22. The number of benzene rings is 1. The first-order valence-electron chi connectivity index (χ1n) is 5.31. The number of carbonyl (C=O) groups is 2. The zero-order valence-corrected chi connectivity index (χ0v) is 10.1. The van der Waals surface area contributed by atoms with Crippen LogP contribution in [0.5, 0.6) is 0 Å². The van der Waals surface area contributed by atoms with Gasteiger partial charge in [-0.1, -0.05) is 11.6 Å². The average molecular weight is 254 g/mol. The molecule has 0 aliphatic carbocycles. The van der Waals surface area contributed by atoms with E-state index in [2.05, 4.69) is 0 Å². The molecule has 17 heavy (non-hydrogen) atoms. The van der Waals surface area contributed by atoms with Gasteiger partial charge in [-0.2, -0.15) is 0 Å². The van der Waals surface area contributed by atoms with Crippen LogP contribution in [0.1, 0.15) is 18.4 Å². The van der Waals surface area contributed by atoms with Crippen LogP contribution in [-0.2, 0) is 9.59 Å². The number of amides is 1. The van der Waals surface area contributed by atoms with Crippen molar-refractivity contribution in [1.82, 2.24) is 0 Å². The van der Waals surface area contributed by atoms with Crippen molar-refractivity contribution in [1.29, 1.82) is 0 Å². The highest BCUT2D eigenvalue weighted by atomic mass is 35.5. The molecule has 2 rings (SSSR count). The third-order valence-electron chi connectivity index (χ3n) is 2.92. The van der Waals surface area contributed by atoms with Gasteiger partial charge in [-0.3, -0.25) is 9.69 Å². The molecule has 0 spiro atoms. The fourth-order valence-corrected chi connectivity index (χ4v) is 2.14. The van der Waals surface area contributed by atoms with Gasteiger partial charge in [0.2, 0.25) is 5.91 Å². The van der Waals surface area contributed by atoms with Crippen molar-refractivity contribution in [2.75, 3.05) is 4.90 Å². The van der Waals surface area contributed by atoms with Gasteiger partial charge in [0.15, 0.2) is 0 Å². The molecule has 0 saturated carbocycles. The SMILES string of the molecule is Cc1cc(N2C(=O)CCC2C(=O)O)ccc1Cl. The second-order valence-electron chi connectivity index (χ2n) is 4.09. The molecule has 0 aromatic heterocycles. The predicted octanol–water partition coefficient (Wildman–Crippen LogP) is 2.23. The number of hydrogen-bond acceptors (Lipinski definition) is 2. The Bertz CT molecular complexity index is 487. The number of halogens is 1. The summed E-state index contributed by atoms with van der Waals surface area (Å²) in [5, 5.41) is 9.67. The van der Waals surface area contributed by atoms with Gasteiger partial charge in [-0.25, -0.2) is 4.79 Å². The molecule has 1 aromatic rings. The number of anilines is 1. The number of hydrogen-bond donors (Lipinski definition) is 1. The Hall–Kier alpha value is -1.55. The largest absolute Gasteiger partial charge is 0.480 e. The van der Waals surface area contributed by atoms with Gasteiger partial charge in [-0.05, 0) is 37.1 Å². The second-order valence-corrected chi connectivity index (χ2v) is 4.50. The van der Waals surface area contributed by atoms with E-state index in [1.54, 1.807) is 18.2 Å². The Kier molecular flexibility index (Phi) is 3.07. The minimum atomic E-state index is -0.969. The van der Waals surface area contributed by atoms with Crippen molar-refractivity contribution in [3.05, 3.63) is 28.8 Å². The van der Waals surface area contributed by atoms with Gasteiger partial charge in [0, 0.05) is 17.1 Å². The van der Waals surface area contributed by atoms with Crippen molar-refractivity contribution in [3.63, 3.8) is 0 Å². The molecular weight excluding hydrogens is 242 g/mol. The number of rotatable bonds is 2. The summed E-state index contributed by atoms with van der Waals surface area (Å²) in [7, 11) is 0. The highest BCUT2D eigenvalue weighted by molar-refractivity contribution is 6.31. The van der Waals surface area contributed by atoms with E-state index in [1.165, 1.54) is 4.90 Å². The van der Waals surface area contributed by atoms with E-state index in [1.807, 2.05) is 6.92 Å². The van der Waals surface area contributed by atoms with Crippen LogP contribution in [0.4, 0.5) is 5.69 Å². The molecule has 1 atom stereocenters. The highest BCUT2D eigenvalue weighted by Crippen LogP contribution is 2.29. The van der Waals surface area contributed by atoms with Gasteiger partial charge in [0.05, 0.1) is 0 Å². The highest BCUT2D eigenvalue weighted by Gasteiger charge is 2.37. The molecule has 4 nitrogen and oxygen atoms in total. The molecule has 1 fully saturated rings. The lowest BCUT2D eigenvalue weighted by Crippen LogP contribution is -2.38. The maximum absolute atomic E-state index is 11.7. The zero-order chi connectivity index (χ0) is 12.6. The van der Waals surface area contributed by atoms with E-state index in [9.17, 15) is 9.59 Å². The molecule has 1 saturated heterocycles. The predicted molar refractivity (Wildman–Crippen MR) is 64.3 cm³/mol. The Balaban J connectivity index is 2.39. The van der Waals surface area contributed by atoms with E-state index in [-0.39, 0.29) is 12.3 Å². The third-order valence-corrected chi connectivity index (χ3v) is 3.34. The van der Waals surface area contributed by atoms with Crippen LogP contribution in [-0.4, -0.2) is 23.0 Å². The minimum Gasteiger partial charge on any atom is -0.480 e. The van der Waals surface area contributed by atoms with Crippen LogP contribution in [0.25, 0.3) is 0 Å². The monoisotopic (exact) mass is 253 g/mol. The normalized spacial score (nSPS) is 19.8. The van der Waals surface area contributed by atoms with Crippen molar-refractivity contribution < 1.29 is 14.7 Å². The minimum absolute atomic E-state index is 0.154. The van der Waals surface area contributed by atoms with E-state index in [0.717, 1.165) is 5.56 Å². The van der Waals surface area contributed by atoms with Crippen molar-refractivity contribution >= 4 is 29.2 Å². The Morgan fingerprint density at radius 3 is 2.82 bits per heavy atom. The fraction of sp³-hybridized carbons (Fsp3) is 0.333. The van der Waals surface area contributed by atoms with E-state index >= 15 is 0 Å². The number of carboxylic acid groups (broad SMARTS) is 1. The van der Waals surface area contributed by atoms with Crippen LogP contribution in [0, 0.1) is 6.92 Å². The Labute approximate surface area is 104 Å². The Morgan fingerprint density at radius 1 is 1.53 bits per heavy atom. The maximum Gasteiger partial charge on any atom is 0.326 e. The van der Waals surface area contributed by atoms with Gasteiger partial charge in [0.1, 0.15) is 6.04 Å². The first-order valence-corrected chi connectivity index (χ1v) is 5.69. The van der Waals surface area contributed by atoms with E-state index < -0.39 is 12.0 Å². The Morgan fingerprint density at radius 2 is 2.24 bits per heavy atom. The molecule has 1 aliphatic heterocycles. The number of carbonyl (C=O) groups excluding carboxylic acids is 1. The maximum atomic E-state index is 11.7. The van der Waals surface area contributed by atoms with E-state index in [4.69, 9.17) is 16.7 Å². The van der Waals surface area contributed by atoms with E-state index in [0.29, 0.717) is 17.1 Å². The quantitative estimate of drug-likeness (QED) is 0.879. The number of nitrogens with zero attached hydrogens (tertiary/aromatic N) is 1. The van der Waals surface area contributed by atoms with Gasteiger partial charge in [-0.15, -0.1) is 0 Å². The lowest BCUT2D eigenvalue weighted by molar-refractivity contribution is -0.138. The topological polar surface area (TPSA) is 57.6 Å². The van der Waals surface area contributed by atoms with Crippen LogP contribution in [0.3, 0.4) is 0 Å². The second kappa shape index (κ2) is 4.37. The standard InChI is InChI=1S/C12H12ClNO3/c1-7-6-8(2-3-9(7)13)14-10(12(16)17)4-5-11(14)15/h2-3,6,10H,4-5H2,1H3,(H,16,17). The molecule has 1 unspecified atom stereocenters. The number of aliphatic carboxylic acids is 1. The first-order chi connectivity index (χ1) is 8.00. The summed E-state index contributed by atoms with van der Waals surface area (Å²) in [5.74, 6) is -1.12. The molecule has 1 heterocycles. The summed E-state index contributed by atoms with van der Waals surface area (Å²) in [6.45, 7) is 1.82. The number of aryl methyl sites for hydroxylation is 1. The van der Waals surface area contributed by atoms with Gasteiger partial charge in [0.25, 0.3) is 0 Å². The molecule has 1 amide bonds. The molecule has 0 bridgehead atoms. The fourth-order valence-electron chi connectivity index (χ4n) is 2.02. The summed E-state index contributed by atoms with van der Waals surface area (Å²) < 4.78 is 0. The van der Waals surface area contributed by atoms with Crippen molar-refractivity contribution in [3.8, 4) is 0 Å². The van der Waals surface area contributed by atoms with Crippen LogP contribution in [0.15, 0.2) is 18.2 Å². The van der Waals surface area contributed by atoms with Crippen molar-refractivity contribution in [2.45, 2.75) is 25.8 Å². The third kappa shape index (κ3) is 2.13. The molecule has 90 valence electrons. The van der Waals surface area contributed by atoms with Gasteiger partial charge >= 0.3 is 5.97 Å². The smallest absolute Gasteiger partial charge is 0.326 e. The first kappa shape index (κ1) is 11.9. The molecule has 0 radical (unpaired) electrons. The van der Waals surface area contributed by atoms with Crippen LogP contribution >= 0.6 is 11.6 Å². The van der Waals surface area contributed by atoms with Gasteiger partial charge < -0.3 is 5.11 Å². The summed E-state index contributed by atoms with van der Waals surface area (Å²) in [6.07, 6.45) is 0.633. The molecule has 1 aromatic carbocycles. The molecule has 1 aliphatic rings. The summed E-state index contributed by atoms with van der Waals surface area (Å²) in [6, 6.07) is 4.33. The number of carboxylic acids is 1. The summed E-state index contributed by atoms with van der Waals surface area (Å²) >= 11 is 5.90. The zero-order valence-electron chi connectivity index (χ0n) is 9.31. The van der Waals surface area contributed by atoms with Crippen LogP contribution in [0.2, 0.25) is 5.02 Å². The lowest BCUT2D eigenvalue weighted by atomic mass is 10.2. The molecule has 1 N–H and O–H groups in total. The molecule has 5 heteroatoms. The summed E-state index contributed by atoms with van der Waals surface area (Å²) in [4.78, 5) is 24.1. The summed E-state index contributed by atoms with van der Waals surface area (Å²) in [5.41, 5.74) is 1.43.